The lowest BCUT2D eigenvalue weighted by Gasteiger charge is -2.15. The predicted octanol–water partition coefficient (Wildman–Crippen LogP) is 3.84. The first-order valence-corrected chi connectivity index (χ1v) is 8.31. The minimum Gasteiger partial charge on any atom is -0.493 e. The van der Waals surface area contributed by atoms with Crippen molar-refractivity contribution in [1.29, 1.82) is 0 Å². The summed E-state index contributed by atoms with van der Waals surface area (Å²) in [7, 11) is 1.47. The molecule has 0 spiro atoms. The Morgan fingerprint density at radius 1 is 1.11 bits per heavy atom. The highest BCUT2D eigenvalue weighted by atomic mass is 19.4. The van der Waals surface area contributed by atoms with Crippen molar-refractivity contribution < 1.29 is 27.4 Å². The molecule has 0 saturated heterocycles. The summed E-state index contributed by atoms with van der Waals surface area (Å²) in [6.07, 6.45) is -4.56. The lowest BCUT2D eigenvalue weighted by atomic mass is 10.1. The van der Waals surface area contributed by atoms with Crippen molar-refractivity contribution in [2.45, 2.75) is 19.6 Å². The number of nitrogens with one attached hydrogen (secondary N) is 2. The van der Waals surface area contributed by atoms with E-state index in [4.69, 9.17) is 9.47 Å². The molecular weight excluding hydrogens is 361 g/mol. The van der Waals surface area contributed by atoms with Gasteiger partial charge in [-0.15, -0.1) is 0 Å². The summed E-state index contributed by atoms with van der Waals surface area (Å²) in [6, 6.07) is 10.0. The summed E-state index contributed by atoms with van der Waals surface area (Å²) in [5.74, 6) is 0.0661. The molecule has 5 nitrogen and oxygen atoms in total. The Balaban J connectivity index is 2.02. The van der Waals surface area contributed by atoms with Crippen LogP contribution in [-0.4, -0.2) is 26.2 Å². The minimum atomic E-state index is -4.56. The number of hydrogen-bond donors (Lipinski definition) is 2. The zero-order valence-electron chi connectivity index (χ0n) is 15.0. The lowest BCUT2D eigenvalue weighted by molar-refractivity contribution is -0.137. The number of anilines is 1. The molecule has 0 fully saturated rings. The molecule has 0 saturated carbocycles. The summed E-state index contributed by atoms with van der Waals surface area (Å²) < 4.78 is 49.6. The maximum Gasteiger partial charge on any atom is 0.418 e. The van der Waals surface area contributed by atoms with Crippen LogP contribution in [0.3, 0.4) is 0 Å². The van der Waals surface area contributed by atoms with Crippen molar-refractivity contribution in [3.63, 3.8) is 0 Å². The van der Waals surface area contributed by atoms with E-state index < -0.39 is 24.3 Å². The Hall–Kier alpha value is -2.74. The molecule has 2 N–H and O–H groups in total. The fourth-order valence-corrected chi connectivity index (χ4v) is 2.38. The second-order valence-electron chi connectivity index (χ2n) is 5.65. The van der Waals surface area contributed by atoms with Crippen molar-refractivity contribution in [2.24, 2.45) is 0 Å². The molecule has 0 aliphatic carbocycles. The van der Waals surface area contributed by atoms with Gasteiger partial charge in [-0.2, -0.15) is 13.2 Å². The van der Waals surface area contributed by atoms with E-state index in [2.05, 4.69) is 10.6 Å². The van der Waals surface area contributed by atoms with E-state index in [1.807, 2.05) is 13.0 Å². The largest absolute Gasteiger partial charge is 0.493 e. The summed E-state index contributed by atoms with van der Waals surface area (Å²) >= 11 is 0. The fourth-order valence-electron chi connectivity index (χ4n) is 2.38. The second-order valence-corrected chi connectivity index (χ2v) is 5.65. The normalized spacial score (nSPS) is 11.1. The monoisotopic (exact) mass is 382 g/mol. The molecule has 2 rings (SSSR count). The number of benzene rings is 2. The molecule has 27 heavy (non-hydrogen) atoms. The van der Waals surface area contributed by atoms with Gasteiger partial charge in [-0.05, 0) is 36.4 Å². The number of alkyl halides is 3. The summed E-state index contributed by atoms with van der Waals surface area (Å²) in [6.45, 7) is 3.02. The predicted molar refractivity (Wildman–Crippen MR) is 95.9 cm³/mol. The Kier molecular flexibility index (Phi) is 7.06. The first-order valence-electron chi connectivity index (χ1n) is 8.31. The van der Waals surface area contributed by atoms with E-state index in [9.17, 15) is 18.0 Å². The Bertz CT molecular complexity index is 779. The van der Waals surface area contributed by atoms with Crippen LogP contribution in [-0.2, 0) is 17.5 Å². The van der Waals surface area contributed by atoms with Crippen LogP contribution < -0.4 is 20.1 Å². The SMILES string of the molecule is CCNCc1ccc(OCC(=O)Nc2ccccc2C(F)(F)F)c(OC)c1. The van der Waals surface area contributed by atoms with Crippen LogP contribution in [0.4, 0.5) is 18.9 Å². The molecule has 0 radical (unpaired) electrons. The van der Waals surface area contributed by atoms with Gasteiger partial charge in [0.15, 0.2) is 18.1 Å². The number of halogens is 3. The summed E-state index contributed by atoms with van der Waals surface area (Å²) in [5.41, 5.74) is -0.250. The van der Waals surface area contributed by atoms with Crippen molar-refractivity contribution in [3.8, 4) is 11.5 Å². The molecule has 8 heteroatoms. The number of methoxy groups -OCH3 is 1. The van der Waals surface area contributed by atoms with Gasteiger partial charge in [0.2, 0.25) is 0 Å². The molecule has 0 atom stereocenters. The summed E-state index contributed by atoms with van der Waals surface area (Å²) in [5, 5.41) is 5.41. The van der Waals surface area contributed by atoms with Crippen molar-refractivity contribution in [2.75, 3.05) is 25.6 Å². The van der Waals surface area contributed by atoms with Gasteiger partial charge in [0, 0.05) is 6.54 Å². The maximum atomic E-state index is 13.0. The Morgan fingerprint density at radius 2 is 1.85 bits per heavy atom. The zero-order valence-corrected chi connectivity index (χ0v) is 15.0. The van der Waals surface area contributed by atoms with Gasteiger partial charge in [0.25, 0.3) is 5.91 Å². The van der Waals surface area contributed by atoms with Crippen LogP contribution >= 0.6 is 0 Å². The van der Waals surface area contributed by atoms with Crippen molar-refractivity contribution in [1.82, 2.24) is 5.32 Å². The average molecular weight is 382 g/mol. The van der Waals surface area contributed by atoms with Gasteiger partial charge >= 0.3 is 6.18 Å². The van der Waals surface area contributed by atoms with Crippen LogP contribution in [0.5, 0.6) is 11.5 Å². The number of amides is 1. The zero-order chi connectivity index (χ0) is 19.9. The molecule has 0 bridgehead atoms. The van der Waals surface area contributed by atoms with E-state index >= 15 is 0 Å². The number of ether oxygens (including phenoxy) is 2. The van der Waals surface area contributed by atoms with Gasteiger partial charge in [-0.3, -0.25) is 4.79 Å². The highest BCUT2D eigenvalue weighted by Crippen LogP contribution is 2.34. The molecule has 0 aliphatic heterocycles. The quantitative estimate of drug-likeness (QED) is 0.728. The van der Waals surface area contributed by atoms with Gasteiger partial charge < -0.3 is 20.1 Å². The lowest BCUT2D eigenvalue weighted by Crippen LogP contribution is -2.22. The third kappa shape index (κ3) is 5.89. The molecule has 146 valence electrons. The molecule has 0 aromatic heterocycles. The number of para-hydroxylation sites is 1. The van der Waals surface area contributed by atoms with Gasteiger partial charge in [0.05, 0.1) is 18.4 Å². The highest BCUT2D eigenvalue weighted by Gasteiger charge is 2.33. The van der Waals surface area contributed by atoms with Crippen molar-refractivity contribution >= 4 is 11.6 Å². The first kappa shape index (κ1) is 20.6. The number of carbonyl (C=O) groups excluding carboxylic acids is 1. The fraction of sp³-hybridized carbons (Fsp3) is 0.316. The maximum absolute atomic E-state index is 13.0. The number of hydrogen-bond acceptors (Lipinski definition) is 4. The number of carbonyl (C=O) groups is 1. The Morgan fingerprint density at radius 3 is 2.52 bits per heavy atom. The standard InChI is InChI=1S/C19H21F3N2O3/c1-3-23-11-13-8-9-16(17(10-13)26-2)27-12-18(25)24-15-7-5-4-6-14(15)19(20,21)22/h4-10,23H,3,11-12H2,1-2H3,(H,24,25). The van der Waals surface area contributed by atoms with Crippen LogP contribution in [0.2, 0.25) is 0 Å². The van der Waals surface area contributed by atoms with E-state index in [-0.39, 0.29) is 5.69 Å². The number of rotatable bonds is 8. The van der Waals surface area contributed by atoms with E-state index in [1.54, 1.807) is 12.1 Å². The van der Waals surface area contributed by atoms with Crippen LogP contribution in [0.25, 0.3) is 0 Å². The van der Waals surface area contributed by atoms with Gasteiger partial charge in [0.1, 0.15) is 0 Å². The molecular formula is C19H21F3N2O3. The van der Waals surface area contributed by atoms with E-state index in [0.29, 0.717) is 18.0 Å². The third-order valence-electron chi connectivity index (χ3n) is 3.67. The van der Waals surface area contributed by atoms with E-state index in [1.165, 1.54) is 25.3 Å². The molecule has 0 unspecified atom stereocenters. The van der Waals surface area contributed by atoms with Crippen LogP contribution in [0, 0.1) is 0 Å². The summed E-state index contributed by atoms with van der Waals surface area (Å²) in [4.78, 5) is 12.0. The molecule has 0 heterocycles. The molecule has 0 aliphatic rings. The van der Waals surface area contributed by atoms with E-state index in [0.717, 1.165) is 18.2 Å². The molecule has 2 aromatic rings. The van der Waals surface area contributed by atoms with Gasteiger partial charge in [-0.25, -0.2) is 0 Å². The topological polar surface area (TPSA) is 59.6 Å². The first-order chi connectivity index (χ1) is 12.8. The Labute approximate surface area is 155 Å². The second kappa shape index (κ2) is 9.27. The molecule has 1 amide bonds. The smallest absolute Gasteiger partial charge is 0.418 e. The third-order valence-corrected chi connectivity index (χ3v) is 3.67. The highest BCUT2D eigenvalue weighted by molar-refractivity contribution is 5.92. The van der Waals surface area contributed by atoms with Crippen molar-refractivity contribution in [3.05, 3.63) is 53.6 Å². The minimum absolute atomic E-state index is 0.313. The average Bonchev–Trinajstić information content (AvgIpc) is 2.64. The van der Waals surface area contributed by atoms with Gasteiger partial charge in [-0.1, -0.05) is 25.1 Å². The van der Waals surface area contributed by atoms with Crippen LogP contribution in [0.1, 0.15) is 18.1 Å². The molecule has 2 aromatic carbocycles. The van der Waals surface area contributed by atoms with Crippen LogP contribution in [0.15, 0.2) is 42.5 Å².